The largest absolute Gasteiger partial charge is 0.454 e. The number of hydrogen-bond acceptors (Lipinski definition) is 3. The van der Waals surface area contributed by atoms with Gasteiger partial charge in [0.1, 0.15) is 6.54 Å². The van der Waals surface area contributed by atoms with E-state index in [-0.39, 0.29) is 5.41 Å². The molecule has 0 aromatic heterocycles. The van der Waals surface area contributed by atoms with E-state index in [0.717, 1.165) is 44.0 Å². The van der Waals surface area contributed by atoms with Gasteiger partial charge in [0.15, 0.2) is 11.5 Å². The molecule has 2 N–H and O–H groups in total. The molecule has 4 heteroatoms. The summed E-state index contributed by atoms with van der Waals surface area (Å²) in [7, 11) is 0. The number of rotatable bonds is 7. The highest BCUT2D eigenvalue weighted by Gasteiger charge is 2.39. The molecule has 2 aliphatic heterocycles. The average Bonchev–Trinajstić information content (AvgIpc) is 3.20. The van der Waals surface area contributed by atoms with Crippen molar-refractivity contribution in [2.75, 3.05) is 19.9 Å². The van der Waals surface area contributed by atoms with E-state index < -0.39 is 0 Å². The fourth-order valence-electron chi connectivity index (χ4n) is 4.52. The second kappa shape index (κ2) is 8.54. The lowest BCUT2D eigenvalue weighted by molar-refractivity contribution is -0.672. The predicted molar refractivity (Wildman–Crippen MR) is 110 cm³/mol. The first-order valence-electron chi connectivity index (χ1n) is 10.5. The van der Waals surface area contributed by atoms with Gasteiger partial charge in [0.25, 0.3) is 0 Å². The molecule has 0 amide bonds. The highest BCUT2D eigenvalue weighted by Crippen LogP contribution is 2.41. The second-order valence-corrected chi connectivity index (χ2v) is 8.47. The Bertz CT molecular complexity index is 777. The molecule has 150 valence electrons. The quantitative estimate of drug-likeness (QED) is 0.744. The van der Waals surface area contributed by atoms with E-state index in [2.05, 4.69) is 61.6 Å². The number of fused-ring (bicyclic) bond motifs is 1. The number of quaternary nitrogens is 1. The number of hydrogen-bond donors (Lipinski definition) is 1. The summed E-state index contributed by atoms with van der Waals surface area (Å²) < 4.78 is 17.0. The zero-order chi connectivity index (χ0) is 19.4. The summed E-state index contributed by atoms with van der Waals surface area (Å²) in [6, 6.07) is 17.3. The molecule has 0 unspecified atom stereocenters. The predicted octanol–water partition coefficient (Wildman–Crippen LogP) is 3.64. The Hall–Kier alpha value is -2.04. The normalized spacial score (nSPS) is 23.9. The zero-order valence-corrected chi connectivity index (χ0v) is 17.0. The summed E-state index contributed by atoms with van der Waals surface area (Å²) in [4.78, 5) is 0. The summed E-state index contributed by atoms with van der Waals surface area (Å²) in [6.45, 7) is 7.82. The van der Waals surface area contributed by atoms with Crippen LogP contribution in [-0.2, 0) is 16.7 Å². The second-order valence-electron chi connectivity index (χ2n) is 8.47. The minimum Gasteiger partial charge on any atom is -0.454 e. The van der Waals surface area contributed by atoms with Crippen molar-refractivity contribution < 1.29 is 19.5 Å². The van der Waals surface area contributed by atoms with Gasteiger partial charge in [0.2, 0.25) is 6.79 Å². The summed E-state index contributed by atoms with van der Waals surface area (Å²) >= 11 is 0. The first-order chi connectivity index (χ1) is 13.7. The summed E-state index contributed by atoms with van der Waals surface area (Å²) in [5.74, 6) is 2.28. The molecule has 4 rings (SSSR count). The van der Waals surface area contributed by atoms with Crippen molar-refractivity contribution in [1.29, 1.82) is 0 Å². The standard InChI is InChI=1S/C24H31NO3/c1-18(2)23-15-24(11-13-26-23,20-6-4-3-5-7-20)10-12-25-16-19-8-9-21-22(14-19)28-17-27-21/h3-9,14,18,23,25H,10-13,15-17H2,1-2H3/p+1/t23-,24+/m0/s1. The molecule has 2 aromatic carbocycles. The van der Waals surface area contributed by atoms with Crippen LogP contribution in [0.5, 0.6) is 11.5 Å². The molecule has 0 radical (unpaired) electrons. The van der Waals surface area contributed by atoms with Crippen LogP contribution in [0, 0.1) is 5.92 Å². The summed E-state index contributed by atoms with van der Waals surface area (Å²) in [6.07, 6.45) is 3.75. The molecule has 4 nitrogen and oxygen atoms in total. The maximum atomic E-state index is 6.10. The molecule has 0 saturated carbocycles. The van der Waals surface area contributed by atoms with Gasteiger partial charge < -0.3 is 19.5 Å². The monoisotopic (exact) mass is 382 g/mol. The van der Waals surface area contributed by atoms with Crippen molar-refractivity contribution in [1.82, 2.24) is 0 Å². The van der Waals surface area contributed by atoms with Gasteiger partial charge in [0, 0.05) is 24.0 Å². The number of benzene rings is 2. The highest BCUT2D eigenvalue weighted by molar-refractivity contribution is 5.44. The molecule has 0 bridgehead atoms. The topological polar surface area (TPSA) is 44.3 Å². The molecular weight excluding hydrogens is 350 g/mol. The Kier molecular flexibility index (Phi) is 5.88. The Labute approximate surface area is 168 Å². The molecule has 2 heterocycles. The van der Waals surface area contributed by atoms with E-state index >= 15 is 0 Å². The van der Waals surface area contributed by atoms with Crippen LogP contribution in [0.2, 0.25) is 0 Å². The third-order valence-electron chi connectivity index (χ3n) is 6.28. The lowest BCUT2D eigenvalue weighted by Gasteiger charge is -2.42. The molecule has 1 fully saturated rings. The third-order valence-corrected chi connectivity index (χ3v) is 6.28. The van der Waals surface area contributed by atoms with Crippen molar-refractivity contribution >= 4 is 0 Å². The van der Waals surface area contributed by atoms with E-state index in [1.165, 1.54) is 17.5 Å². The third kappa shape index (κ3) is 4.18. The lowest BCUT2D eigenvalue weighted by atomic mass is 9.68. The smallest absolute Gasteiger partial charge is 0.231 e. The van der Waals surface area contributed by atoms with Gasteiger partial charge in [-0.3, -0.25) is 0 Å². The first-order valence-corrected chi connectivity index (χ1v) is 10.5. The molecule has 0 aliphatic carbocycles. The van der Waals surface area contributed by atoms with Crippen molar-refractivity contribution in [3.8, 4) is 11.5 Å². The van der Waals surface area contributed by atoms with Crippen LogP contribution in [0.25, 0.3) is 0 Å². The maximum absolute atomic E-state index is 6.10. The van der Waals surface area contributed by atoms with E-state index in [9.17, 15) is 0 Å². The first kappa shape index (κ1) is 19.3. The fourth-order valence-corrected chi connectivity index (χ4v) is 4.52. The van der Waals surface area contributed by atoms with Gasteiger partial charge in [-0.1, -0.05) is 44.2 Å². The van der Waals surface area contributed by atoms with Crippen molar-refractivity contribution in [3.63, 3.8) is 0 Å². The molecule has 2 aliphatic rings. The Morgan fingerprint density at radius 2 is 1.89 bits per heavy atom. The molecule has 2 aromatic rings. The number of nitrogens with two attached hydrogens (primary N) is 1. The van der Waals surface area contributed by atoms with Gasteiger partial charge in [0.05, 0.1) is 12.6 Å². The van der Waals surface area contributed by atoms with Crippen LogP contribution in [0.15, 0.2) is 48.5 Å². The minimum absolute atomic E-state index is 0.222. The van der Waals surface area contributed by atoms with Crippen molar-refractivity contribution in [2.45, 2.75) is 51.2 Å². The van der Waals surface area contributed by atoms with Gasteiger partial charge in [-0.15, -0.1) is 0 Å². The lowest BCUT2D eigenvalue weighted by Crippen LogP contribution is -2.83. The average molecular weight is 383 g/mol. The van der Waals surface area contributed by atoms with Gasteiger partial charge in [-0.05, 0) is 42.5 Å². The molecule has 0 spiro atoms. The summed E-state index contributed by atoms with van der Waals surface area (Å²) in [5, 5.41) is 2.42. The van der Waals surface area contributed by atoms with E-state index in [1.807, 2.05) is 6.07 Å². The van der Waals surface area contributed by atoms with Crippen molar-refractivity contribution in [3.05, 3.63) is 59.7 Å². The van der Waals surface area contributed by atoms with Crippen LogP contribution >= 0.6 is 0 Å². The molecule has 28 heavy (non-hydrogen) atoms. The number of ether oxygens (including phenoxy) is 3. The zero-order valence-electron chi connectivity index (χ0n) is 17.0. The minimum atomic E-state index is 0.222. The maximum Gasteiger partial charge on any atom is 0.231 e. The van der Waals surface area contributed by atoms with Crippen LogP contribution in [-0.4, -0.2) is 26.0 Å². The Balaban J connectivity index is 1.40. The molecular formula is C24H32NO3+. The van der Waals surface area contributed by atoms with Gasteiger partial charge in [-0.2, -0.15) is 0 Å². The van der Waals surface area contributed by atoms with Gasteiger partial charge in [-0.25, -0.2) is 0 Å². The summed E-state index contributed by atoms with van der Waals surface area (Å²) in [5.41, 5.74) is 2.98. The highest BCUT2D eigenvalue weighted by atomic mass is 16.7. The Morgan fingerprint density at radius 3 is 2.71 bits per heavy atom. The van der Waals surface area contributed by atoms with E-state index in [4.69, 9.17) is 14.2 Å². The van der Waals surface area contributed by atoms with Crippen LogP contribution in [0.1, 0.15) is 44.2 Å². The van der Waals surface area contributed by atoms with Crippen LogP contribution < -0.4 is 14.8 Å². The van der Waals surface area contributed by atoms with Crippen molar-refractivity contribution in [2.24, 2.45) is 5.92 Å². The van der Waals surface area contributed by atoms with Crippen LogP contribution in [0.3, 0.4) is 0 Å². The van der Waals surface area contributed by atoms with E-state index in [1.54, 1.807) is 0 Å². The van der Waals surface area contributed by atoms with Crippen LogP contribution in [0.4, 0.5) is 0 Å². The van der Waals surface area contributed by atoms with E-state index in [0.29, 0.717) is 18.8 Å². The SMILES string of the molecule is CC(C)[C@@H]1C[C@](CC[NH2+]Cc2ccc3c(c2)OCO3)(c2ccccc2)CCO1. The Morgan fingerprint density at radius 1 is 1.07 bits per heavy atom. The van der Waals surface area contributed by atoms with Gasteiger partial charge >= 0.3 is 0 Å². The molecule has 1 saturated heterocycles. The fraction of sp³-hybridized carbons (Fsp3) is 0.500. The molecule has 2 atom stereocenters.